The summed E-state index contributed by atoms with van der Waals surface area (Å²) in [6, 6.07) is 6.11. The van der Waals surface area contributed by atoms with Crippen molar-refractivity contribution in [3.63, 3.8) is 0 Å². The maximum absolute atomic E-state index is 10.4. The molecule has 1 aliphatic rings. The lowest BCUT2D eigenvalue weighted by atomic mass is 10.0. The number of hydrogen-bond donors (Lipinski definition) is 3. The minimum Gasteiger partial charge on any atom is -0.507 e. The van der Waals surface area contributed by atoms with Crippen LogP contribution in [0.1, 0.15) is 13.8 Å². The van der Waals surface area contributed by atoms with Gasteiger partial charge in [-0.05, 0) is 31.5 Å². The molecule has 3 heterocycles. The predicted molar refractivity (Wildman–Crippen MR) is 113 cm³/mol. The number of aromatic hydroxyl groups is 1. The van der Waals surface area contributed by atoms with Crippen LogP contribution < -0.4 is 10.2 Å². The molecule has 1 aromatic carbocycles. The number of nitrogens with one attached hydrogen (secondary N) is 2. The summed E-state index contributed by atoms with van der Waals surface area (Å²) < 4.78 is 0. The normalized spacial score (nSPS) is 18.9. The van der Waals surface area contributed by atoms with E-state index in [9.17, 15) is 5.11 Å². The fourth-order valence-electron chi connectivity index (χ4n) is 3.16. The molecule has 0 radical (unpaired) electrons. The van der Waals surface area contributed by atoms with Crippen molar-refractivity contribution in [3.8, 4) is 28.1 Å². The van der Waals surface area contributed by atoms with Gasteiger partial charge in [-0.2, -0.15) is 5.10 Å². The zero-order valence-electron chi connectivity index (χ0n) is 15.5. The molecule has 10 heteroatoms. The maximum atomic E-state index is 10.4. The van der Waals surface area contributed by atoms with Crippen LogP contribution in [0.3, 0.4) is 0 Å². The standard InChI is InChI=1S/C18H21N7O.2ClH/c1-11-10-25(12(2)6-19-11)18-20-9-16(23-24-18)15-4-3-13(5-17(15)26)14-7-21-22-8-14;;/h3-5,7-9,11-12,19,26H,6,10H2,1-2H3,(H,21,22);2*1H/t11-,12-;;/m0../s1. The number of nitrogens with zero attached hydrogens (tertiary/aromatic N) is 5. The van der Waals surface area contributed by atoms with Gasteiger partial charge in [0, 0.05) is 42.5 Å². The summed E-state index contributed by atoms with van der Waals surface area (Å²) in [7, 11) is 0. The average Bonchev–Trinajstić information content (AvgIpc) is 3.19. The molecule has 1 saturated heterocycles. The monoisotopic (exact) mass is 423 g/mol. The van der Waals surface area contributed by atoms with Crippen molar-refractivity contribution in [1.82, 2.24) is 30.7 Å². The topological polar surface area (TPSA) is 103 Å². The number of phenols is 1. The first kappa shape index (κ1) is 21.9. The molecule has 8 nitrogen and oxygen atoms in total. The van der Waals surface area contributed by atoms with E-state index in [4.69, 9.17) is 0 Å². The van der Waals surface area contributed by atoms with Crippen molar-refractivity contribution in [1.29, 1.82) is 0 Å². The lowest BCUT2D eigenvalue weighted by Gasteiger charge is -2.37. The van der Waals surface area contributed by atoms with E-state index < -0.39 is 0 Å². The highest BCUT2D eigenvalue weighted by Gasteiger charge is 2.24. The Morgan fingerprint density at radius 2 is 1.93 bits per heavy atom. The highest BCUT2D eigenvalue weighted by atomic mass is 35.5. The minimum atomic E-state index is 0. The second kappa shape index (κ2) is 9.18. The van der Waals surface area contributed by atoms with E-state index in [1.807, 2.05) is 12.1 Å². The molecule has 1 aliphatic heterocycles. The molecule has 0 unspecified atom stereocenters. The first-order valence-corrected chi connectivity index (χ1v) is 8.64. The Morgan fingerprint density at radius 3 is 2.57 bits per heavy atom. The van der Waals surface area contributed by atoms with Gasteiger partial charge in [0.1, 0.15) is 11.4 Å². The molecular formula is C18H23Cl2N7O. The SMILES string of the molecule is C[C@H]1CN(c2ncc(-c3ccc(-c4cn[nH]c4)cc3O)nn2)[C@@H](C)CN1.Cl.Cl. The van der Waals surface area contributed by atoms with Gasteiger partial charge in [0.15, 0.2) is 0 Å². The molecule has 0 amide bonds. The zero-order valence-corrected chi connectivity index (χ0v) is 17.2. The number of aromatic amines is 1. The van der Waals surface area contributed by atoms with Gasteiger partial charge in [0.2, 0.25) is 5.95 Å². The fourth-order valence-corrected chi connectivity index (χ4v) is 3.16. The van der Waals surface area contributed by atoms with Crippen LogP contribution in [0.15, 0.2) is 36.8 Å². The molecule has 0 aliphatic carbocycles. The average molecular weight is 424 g/mol. The van der Waals surface area contributed by atoms with Gasteiger partial charge in [-0.1, -0.05) is 6.07 Å². The summed E-state index contributed by atoms with van der Waals surface area (Å²) in [4.78, 5) is 6.63. The van der Waals surface area contributed by atoms with Crippen molar-refractivity contribution in [3.05, 3.63) is 36.8 Å². The first-order chi connectivity index (χ1) is 12.6. The van der Waals surface area contributed by atoms with Gasteiger partial charge in [0.25, 0.3) is 0 Å². The molecule has 3 N–H and O–H groups in total. The number of benzene rings is 1. The number of phenolic OH excluding ortho intramolecular Hbond substituents is 1. The molecule has 28 heavy (non-hydrogen) atoms. The van der Waals surface area contributed by atoms with E-state index in [1.165, 1.54) is 0 Å². The Bertz CT molecular complexity index is 889. The number of aromatic nitrogens is 5. The quantitative estimate of drug-likeness (QED) is 0.594. The third-order valence-electron chi connectivity index (χ3n) is 4.68. The Labute approximate surface area is 175 Å². The van der Waals surface area contributed by atoms with Crippen LogP contribution in [0.25, 0.3) is 22.4 Å². The number of piperazine rings is 1. The fraction of sp³-hybridized carbons (Fsp3) is 0.333. The lowest BCUT2D eigenvalue weighted by Crippen LogP contribution is -2.55. The van der Waals surface area contributed by atoms with Crippen molar-refractivity contribution >= 4 is 30.8 Å². The Kier molecular flexibility index (Phi) is 7.17. The van der Waals surface area contributed by atoms with Gasteiger partial charge in [-0.3, -0.25) is 5.10 Å². The molecule has 0 spiro atoms. The number of rotatable bonds is 3. The van der Waals surface area contributed by atoms with Gasteiger partial charge >= 0.3 is 0 Å². The summed E-state index contributed by atoms with van der Waals surface area (Å²) in [6.07, 6.45) is 5.15. The second-order valence-electron chi connectivity index (χ2n) is 6.67. The van der Waals surface area contributed by atoms with Crippen LogP contribution in [0.2, 0.25) is 0 Å². The highest BCUT2D eigenvalue weighted by Crippen LogP contribution is 2.32. The number of halogens is 2. The van der Waals surface area contributed by atoms with Crippen LogP contribution in [-0.2, 0) is 0 Å². The third kappa shape index (κ3) is 4.35. The first-order valence-electron chi connectivity index (χ1n) is 8.64. The summed E-state index contributed by atoms with van der Waals surface area (Å²) in [6.45, 7) is 6.01. The van der Waals surface area contributed by atoms with E-state index in [0.29, 0.717) is 29.3 Å². The molecule has 2 aromatic heterocycles. The predicted octanol–water partition coefficient (Wildman–Crippen LogP) is 2.66. The van der Waals surface area contributed by atoms with Gasteiger partial charge in [-0.25, -0.2) is 4.98 Å². The van der Waals surface area contributed by atoms with Crippen LogP contribution >= 0.6 is 24.8 Å². The van der Waals surface area contributed by atoms with E-state index in [-0.39, 0.29) is 30.6 Å². The number of anilines is 1. The van der Waals surface area contributed by atoms with Crippen molar-refractivity contribution in [2.75, 3.05) is 18.0 Å². The summed E-state index contributed by atoms with van der Waals surface area (Å²) in [5.41, 5.74) is 2.93. The van der Waals surface area contributed by atoms with Gasteiger partial charge in [-0.15, -0.1) is 35.0 Å². The summed E-state index contributed by atoms with van der Waals surface area (Å²) in [5, 5.41) is 29.1. The van der Waals surface area contributed by atoms with E-state index in [2.05, 4.69) is 49.4 Å². The van der Waals surface area contributed by atoms with Crippen LogP contribution in [-0.4, -0.2) is 55.7 Å². The maximum Gasteiger partial charge on any atom is 0.245 e. The minimum absolute atomic E-state index is 0. The zero-order chi connectivity index (χ0) is 18.1. The van der Waals surface area contributed by atoms with Crippen molar-refractivity contribution < 1.29 is 5.11 Å². The summed E-state index contributed by atoms with van der Waals surface area (Å²) >= 11 is 0. The molecule has 150 valence electrons. The van der Waals surface area contributed by atoms with Gasteiger partial charge < -0.3 is 15.3 Å². The molecule has 4 rings (SSSR count). The Balaban J connectivity index is 0.00000140. The molecule has 0 bridgehead atoms. The van der Waals surface area contributed by atoms with E-state index in [1.54, 1.807) is 24.7 Å². The highest BCUT2D eigenvalue weighted by molar-refractivity contribution is 5.85. The van der Waals surface area contributed by atoms with Crippen LogP contribution in [0.5, 0.6) is 5.75 Å². The summed E-state index contributed by atoms with van der Waals surface area (Å²) in [5.74, 6) is 0.751. The molecule has 3 aromatic rings. The largest absolute Gasteiger partial charge is 0.507 e. The lowest BCUT2D eigenvalue weighted by molar-refractivity contribution is 0.418. The molecule has 0 saturated carbocycles. The van der Waals surface area contributed by atoms with Crippen LogP contribution in [0.4, 0.5) is 5.95 Å². The third-order valence-corrected chi connectivity index (χ3v) is 4.68. The molecule has 1 fully saturated rings. The van der Waals surface area contributed by atoms with E-state index in [0.717, 1.165) is 24.2 Å². The smallest absolute Gasteiger partial charge is 0.245 e. The second-order valence-corrected chi connectivity index (χ2v) is 6.67. The van der Waals surface area contributed by atoms with Crippen LogP contribution in [0, 0.1) is 0 Å². The van der Waals surface area contributed by atoms with Crippen molar-refractivity contribution in [2.45, 2.75) is 25.9 Å². The van der Waals surface area contributed by atoms with E-state index >= 15 is 0 Å². The Morgan fingerprint density at radius 1 is 1.11 bits per heavy atom. The number of hydrogen-bond acceptors (Lipinski definition) is 7. The molecule has 2 atom stereocenters. The number of H-pyrrole nitrogens is 1. The Hall–Kier alpha value is -2.42. The van der Waals surface area contributed by atoms with Crippen molar-refractivity contribution in [2.24, 2.45) is 0 Å². The molecular weight excluding hydrogens is 401 g/mol. The van der Waals surface area contributed by atoms with Gasteiger partial charge in [0.05, 0.1) is 12.4 Å².